The van der Waals surface area contributed by atoms with Crippen LogP contribution in [-0.2, 0) is 0 Å². The molecular weight excluding hydrogens is 238 g/mol. The lowest BCUT2D eigenvalue weighted by atomic mass is 10.3. The summed E-state index contributed by atoms with van der Waals surface area (Å²) in [6.45, 7) is 4.17. The van der Waals surface area contributed by atoms with E-state index in [0.717, 1.165) is 25.9 Å². The highest BCUT2D eigenvalue weighted by Crippen LogP contribution is 2.20. The zero-order valence-corrected chi connectivity index (χ0v) is 10.7. The molecule has 1 fully saturated rings. The topological polar surface area (TPSA) is 54.5 Å². The highest BCUT2D eigenvalue weighted by atomic mass is 32.1. The van der Waals surface area contributed by atoms with Crippen LogP contribution in [0.3, 0.4) is 0 Å². The van der Waals surface area contributed by atoms with Crippen molar-refractivity contribution < 1.29 is 9.53 Å². The summed E-state index contributed by atoms with van der Waals surface area (Å²) in [5.41, 5.74) is 0. The summed E-state index contributed by atoms with van der Waals surface area (Å²) in [6.07, 6.45) is 3.63. The maximum absolute atomic E-state index is 11.7. The van der Waals surface area contributed by atoms with Gasteiger partial charge in [-0.1, -0.05) is 18.3 Å². The average molecular weight is 255 g/mol. The molecule has 0 radical (unpaired) electrons. The summed E-state index contributed by atoms with van der Waals surface area (Å²) in [6, 6.07) is 0.0112. The van der Waals surface area contributed by atoms with Crippen LogP contribution in [0.4, 0.5) is 4.79 Å². The van der Waals surface area contributed by atoms with Gasteiger partial charge in [-0.15, -0.1) is 0 Å². The average Bonchev–Trinajstić information content (AvgIpc) is 2.98. The molecule has 0 aromatic carbocycles. The number of nitrogens with zero attached hydrogens (tertiary/aromatic N) is 2. The number of thiazole rings is 1. The molecule has 0 aliphatic carbocycles. The lowest BCUT2D eigenvalue weighted by Gasteiger charge is -2.16. The van der Waals surface area contributed by atoms with Gasteiger partial charge in [0.05, 0.1) is 6.54 Å². The molecule has 1 atom stereocenters. The Morgan fingerprint density at radius 1 is 1.76 bits per heavy atom. The molecule has 1 aromatic rings. The molecule has 2 amide bonds. The van der Waals surface area contributed by atoms with Crippen molar-refractivity contribution in [1.29, 1.82) is 0 Å². The number of rotatable bonds is 4. The standard InChI is InChI=1S/C11H17N3O2S/c1-2-4-12-10(15)14-6-3-9(8-14)16-11-13-5-7-17-11/h5,7,9H,2-4,6,8H2,1H3,(H,12,15). The number of hydrogen-bond donors (Lipinski definition) is 1. The van der Waals surface area contributed by atoms with Gasteiger partial charge in [0, 0.05) is 31.1 Å². The number of nitrogens with one attached hydrogen (secondary N) is 1. The lowest BCUT2D eigenvalue weighted by molar-refractivity contribution is 0.186. The van der Waals surface area contributed by atoms with Crippen molar-refractivity contribution in [1.82, 2.24) is 15.2 Å². The van der Waals surface area contributed by atoms with E-state index < -0.39 is 0 Å². The Morgan fingerprint density at radius 3 is 3.35 bits per heavy atom. The number of carbonyl (C=O) groups is 1. The maximum atomic E-state index is 11.7. The van der Waals surface area contributed by atoms with Crippen molar-refractivity contribution in [3.63, 3.8) is 0 Å². The minimum atomic E-state index is 0.0112. The second kappa shape index (κ2) is 5.86. The third-order valence-corrected chi connectivity index (χ3v) is 3.30. The van der Waals surface area contributed by atoms with E-state index in [-0.39, 0.29) is 12.1 Å². The van der Waals surface area contributed by atoms with Gasteiger partial charge >= 0.3 is 6.03 Å². The molecule has 0 spiro atoms. The van der Waals surface area contributed by atoms with E-state index >= 15 is 0 Å². The van der Waals surface area contributed by atoms with Gasteiger partial charge in [-0.3, -0.25) is 0 Å². The monoisotopic (exact) mass is 255 g/mol. The molecule has 2 heterocycles. The van der Waals surface area contributed by atoms with E-state index in [0.29, 0.717) is 11.7 Å². The first kappa shape index (κ1) is 12.2. The summed E-state index contributed by atoms with van der Waals surface area (Å²) >= 11 is 1.48. The molecule has 1 aliphatic rings. The minimum Gasteiger partial charge on any atom is -0.465 e. The Bertz CT molecular complexity index is 356. The Balaban J connectivity index is 1.77. The SMILES string of the molecule is CCCNC(=O)N1CCC(Oc2nccs2)C1. The van der Waals surface area contributed by atoms with E-state index in [1.165, 1.54) is 11.3 Å². The van der Waals surface area contributed by atoms with Gasteiger partial charge in [0.15, 0.2) is 0 Å². The first-order valence-electron chi connectivity index (χ1n) is 5.88. The van der Waals surface area contributed by atoms with Gasteiger partial charge in [0.1, 0.15) is 6.10 Å². The minimum absolute atomic E-state index is 0.0112. The molecule has 1 aliphatic heterocycles. The zero-order chi connectivity index (χ0) is 12.1. The molecule has 6 heteroatoms. The van der Waals surface area contributed by atoms with E-state index in [1.807, 2.05) is 12.3 Å². The summed E-state index contributed by atoms with van der Waals surface area (Å²) in [7, 11) is 0. The van der Waals surface area contributed by atoms with Crippen LogP contribution in [0.5, 0.6) is 5.19 Å². The third kappa shape index (κ3) is 3.33. The van der Waals surface area contributed by atoms with Gasteiger partial charge in [0.25, 0.3) is 5.19 Å². The van der Waals surface area contributed by atoms with Crippen molar-refractivity contribution in [2.45, 2.75) is 25.9 Å². The molecule has 1 aromatic heterocycles. The molecule has 5 nitrogen and oxygen atoms in total. The predicted octanol–water partition coefficient (Wildman–Crippen LogP) is 1.72. The third-order valence-electron chi connectivity index (χ3n) is 2.64. The smallest absolute Gasteiger partial charge is 0.317 e. The molecule has 0 saturated carbocycles. The van der Waals surface area contributed by atoms with Crippen LogP contribution in [0.2, 0.25) is 0 Å². The first-order valence-corrected chi connectivity index (χ1v) is 6.76. The second-order valence-electron chi connectivity index (χ2n) is 4.00. The maximum Gasteiger partial charge on any atom is 0.317 e. The number of urea groups is 1. The number of aromatic nitrogens is 1. The van der Waals surface area contributed by atoms with Gasteiger partial charge < -0.3 is 15.0 Å². The summed E-state index contributed by atoms with van der Waals surface area (Å²) < 4.78 is 5.69. The van der Waals surface area contributed by atoms with E-state index in [9.17, 15) is 4.79 Å². The lowest BCUT2D eigenvalue weighted by Crippen LogP contribution is -2.39. The van der Waals surface area contributed by atoms with Crippen LogP contribution in [0.15, 0.2) is 11.6 Å². The fraction of sp³-hybridized carbons (Fsp3) is 0.636. The van der Waals surface area contributed by atoms with Crippen molar-refractivity contribution in [2.24, 2.45) is 0 Å². The van der Waals surface area contributed by atoms with Crippen molar-refractivity contribution in [3.05, 3.63) is 11.6 Å². The molecule has 2 rings (SSSR count). The van der Waals surface area contributed by atoms with Gasteiger partial charge in [0.2, 0.25) is 0 Å². The number of amides is 2. The molecule has 1 unspecified atom stereocenters. The van der Waals surface area contributed by atoms with Gasteiger partial charge in [-0.25, -0.2) is 9.78 Å². The summed E-state index contributed by atoms with van der Waals surface area (Å²) in [5.74, 6) is 0. The van der Waals surface area contributed by atoms with Crippen LogP contribution >= 0.6 is 11.3 Å². The van der Waals surface area contributed by atoms with E-state index in [4.69, 9.17) is 4.74 Å². The van der Waals surface area contributed by atoms with Crippen LogP contribution in [0.25, 0.3) is 0 Å². The molecule has 94 valence electrons. The number of hydrogen-bond acceptors (Lipinski definition) is 4. The van der Waals surface area contributed by atoms with Crippen molar-refractivity contribution in [2.75, 3.05) is 19.6 Å². The Labute approximate surface area is 105 Å². The summed E-state index contributed by atoms with van der Waals surface area (Å²) in [4.78, 5) is 17.6. The fourth-order valence-electron chi connectivity index (χ4n) is 1.76. The Hall–Kier alpha value is -1.30. The summed E-state index contributed by atoms with van der Waals surface area (Å²) in [5, 5.41) is 5.44. The van der Waals surface area contributed by atoms with Crippen molar-refractivity contribution in [3.8, 4) is 5.19 Å². The quantitative estimate of drug-likeness (QED) is 0.891. The van der Waals surface area contributed by atoms with Crippen LogP contribution in [-0.4, -0.2) is 41.7 Å². The Morgan fingerprint density at radius 2 is 2.65 bits per heavy atom. The van der Waals surface area contributed by atoms with E-state index in [1.54, 1.807) is 11.1 Å². The van der Waals surface area contributed by atoms with Gasteiger partial charge in [-0.05, 0) is 6.42 Å². The molecular formula is C11H17N3O2S. The number of ether oxygens (including phenoxy) is 1. The largest absolute Gasteiger partial charge is 0.465 e. The van der Waals surface area contributed by atoms with Crippen molar-refractivity contribution >= 4 is 17.4 Å². The zero-order valence-electron chi connectivity index (χ0n) is 9.89. The molecule has 1 N–H and O–H groups in total. The highest BCUT2D eigenvalue weighted by Gasteiger charge is 2.27. The highest BCUT2D eigenvalue weighted by molar-refractivity contribution is 7.11. The first-order chi connectivity index (χ1) is 8.29. The molecule has 17 heavy (non-hydrogen) atoms. The van der Waals surface area contributed by atoms with Crippen LogP contribution in [0, 0.1) is 0 Å². The van der Waals surface area contributed by atoms with E-state index in [2.05, 4.69) is 10.3 Å². The Kier molecular flexibility index (Phi) is 4.19. The fourth-order valence-corrected chi connectivity index (χ4v) is 2.32. The molecule has 0 bridgehead atoms. The van der Waals surface area contributed by atoms with Gasteiger partial charge in [-0.2, -0.15) is 0 Å². The van der Waals surface area contributed by atoms with Crippen LogP contribution < -0.4 is 10.1 Å². The van der Waals surface area contributed by atoms with Crippen LogP contribution in [0.1, 0.15) is 19.8 Å². The molecule has 1 saturated heterocycles. The second-order valence-corrected chi connectivity index (χ2v) is 4.86. The normalized spacial score (nSPS) is 19.4. The number of carbonyl (C=O) groups excluding carboxylic acids is 1. The predicted molar refractivity (Wildman–Crippen MR) is 66.4 cm³/mol. The number of likely N-dealkylation sites (tertiary alicyclic amines) is 1.